The molecular formula is C32H27NO4. The van der Waals surface area contributed by atoms with E-state index >= 15 is 0 Å². The highest BCUT2D eigenvalue weighted by molar-refractivity contribution is 6.16. The minimum Gasteiger partial charge on any atom is -0.503 e. The van der Waals surface area contributed by atoms with Gasteiger partial charge in [0.15, 0.2) is 11.5 Å². The minimum absolute atomic E-state index is 0.110. The van der Waals surface area contributed by atoms with Gasteiger partial charge in [-0.3, -0.25) is 14.5 Å². The molecule has 0 spiro atoms. The summed E-state index contributed by atoms with van der Waals surface area (Å²) in [5, 5.41) is 11.0. The van der Waals surface area contributed by atoms with Crippen molar-refractivity contribution in [2.24, 2.45) is 0 Å². The van der Waals surface area contributed by atoms with Crippen molar-refractivity contribution in [1.82, 2.24) is 0 Å². The third-order valence-corrected chi connectivity index (χ3v) is 6.46. The summed E-state index contributed by atoms with van der Waals surface area (Å²) < 4.78 is 6.02. The molecule has 1 aliphatic rings. The van der Waals surface area contributed by atoms with Gasteiger partial charge in [-0.2, -0.15) is 0 Å². The Morgan fingerprint density at radius 3 is 2.19 bits per heavy atom. The fourth-order valence-corrected chi connectivity index (χ4v) is 4.59. The van der Waals surface area contributed by atoms with E-state index in [0.717, 1.165) is 11.1 Å². The number of para-hydroxylation sites is 1. The normalized spacial score (nSPS) is 15.2. The molecule has 4 aromatic carbocycles. The number of nitrogens with zero attached hydrogens (tertiary/aromatic N) is 1. The number of ether oxygens (including phenoxy) is 1. The molecule has 1 N–H and O–H groups in total. The van der Waals surface area contributed by atoms with Crippen LogP contribution in [0.3, 0.4) is 0 Å². The topological polar surface area (TPSA) is 66.8 Å². The summed E-state index contributed by atoms with van der Waals surface area (Å²) in [6.45, 7) is 1.96. The van der Waals surface area contributed by atoms with Crippen molar-refractivity contribution in [2.45, 2.75) is 25.8 Å². The zero-order chi connectivity index (χ0) is 25.8. The number of rotatable bonds is 8. The van der Waals surface area contributed by atoms with Crippen molar-refractivity contribution in [1.29, 1.82) is 0 Å². The number of aryl methyl sites for hydroxylation is 2. The maximum atomic E-state index is 13.5. The number of aliphatic hydroxyl groups is 1. The fraction of sp³-hybridized carbons (Fsp3) is 0.125. The fourth-order valence-electron chi connectivity index (χ4n) is 4.59. The molecule has 0 saturated carbocycles. The Kier molecular flexibility index (Phi) is 6.86. The number of ketones is 1. The van der Waals surface area contributed by atoms with E-state index in [9.17, 15) is 14.7 Å². The predicted molar refractivity (Wildman–Crippen MR) is 144 cm³/mol. The summed E-state index contributed by atoms with van der Waals surface area (Å²) in [4.78, 5) is 28.4. The molecule has 184 valence electrons. The molecule has 1 amide bonds. The smallest absolute Gasteiger partial charge is 0.294 e. The molecule has 0 aliphatic carbocycles. The van der Waals surface area contributed by atoms with Crippen molar-refractivity contribution < 1.29 is 19.4 Å². The lowest BCUT2D eigenvalue weighted by molar-refractivity contribution is -0.118. The number of hydrogen-bond donors (Lipinski definition) is 1. The molecule has 0 fully saturated rings. The second-order valence-electron chi connectivity index (χ2n) is 9.07. The van der Waals surface area contributed by atoms with Gasteiger partial charge in [-0.15, -0.1) is 0 Å². The number of Topliss-reactive ketones (excluding diaryl/α,β-unsaturated/α-hetero) is 1. The van der Waals surface area contributed by atoms with Gasteiger partial charge in [-0.05, 0) is 60.9 Å². The Morgan fingerprint density at radius 1 is 0.838 bits per heavy atom. The molecule has 37 heavy (non-hydrogen) atoms. The summed E-state index contributed by atoms with van der Waals surface area (Å²) in [5.41, 5.74) is 3.45. The Morgan fingerprint density at radius 2 is 1.49 bits per heavy atom. The first-order valence-electron chi connectivity index (χ1n) is 12.2. The first kappa shape index (κ1) is 24.1. The number of anilines is 1. The highest BCUT2D eigenvalue weighted by Crippen LogP contribution is 2.42. The van der Waals surface area contributed by atoms with E-state index in [-0.39, 0.29) is 17.8 Å². The molecule has 0 bridgehead atoms. The van der Waals surface area contributed by atoms with Crippen LogP contribution in [0.15, 0.2) is 121 Å². The third kappa shape index (κ3) is 5.16. The van der Waals surface area contributed by atoms with Gasteiger partial charge in [-0.25, -0.2) is 0 Å². The Bertz CT molecular complexity index is 1440. The van der Waals surface area contributed by atoms with Crippen LogP contribution in [0.25, 0.3) is 0 Å². The monoisotopic (exact) mass is 489 g/mol. The van der Waals surface area contributed by atoms with Gasteiger partial charge in [0.1, 0.15) is 11.5 Å². The molecule has 1 aliphatic heterocycles. The molecule has 5 heteroatoms. The molecule has 1 atom stereocenters. The van der Waals surface area contributed by atoms with Gasteiger partial charge in [-0.1, -0.05) is 78.4 Å². The van der Waals surface area contributed by atoms with Crippen molar-refractivity contribution in [2.75, 3.05) is 4.90 Å². The summed E-state index contributed by atoms with van der Waals surface area (Å²) >= 11 is 0. The minimum atomic E-state index is -0.780. The molecule has 0 aromatic heterocycles. The average molecular weight is 490 g/mol. The van der Waals surface area contributed by atoms with E-state index < -0.39 is 17.7 Å². The number of amides is 1. The predicted octanol–water partition coefficient (Wildman–Crippen LogP) is 6.89. The Hall–Kier alpha value is -4.64. The zero-order valence-electron chi connectivity index (χ0n) is 20.5. The van der Waals surface area contributed by atoms with Crippen LogP contribution >= 0.6 is 0 Å². The van der Waals surface area contributed by atoms with Gasteiger partial charge < -0.3 is 9.84 Å². The SMILES string of the molecule is Cc1ccc(N2C(=O)C(O)=C(C(=O)CCc3ccccc3)C2c2cccc(Oc3ccccc3)c2)cc1. The summed E-state index contributed by atoms with van der Waals surface area (Å²) in [6.07, 6.45) is 0.689. The molecule has 0 radical (unpaired) electrons. The lowest BCUT2D eigenvalue weighted by atomic mass is 9.93. The van der Waals surface area contributed by atoms with Crippen molar-refractivity contribution in [3.05, 3.63) is 137 Å². The lowest BCUT2D eigenvalue weighted by Crippen LogP contribution is -2.31. The zero-order valence-corrected chi connectivity index (χ0v) is 20.5. The molecule has 5 nitrogen and oxygen atoms in total. The van der Waals surface area contributed by atoms with Crippen LogP contribution in [-0.2, 0) is 16.0 Å². The van der Waals surface area contributed by atoms with Crippen LogP contribution < -0.4 is 9.64 Å². The number of benzene rings is 4. The van der Waals surface area contributed by atoms with Gasteiger partial charge in [0.05, 0.1) is 11.6 Å². The van der Waals surface area contributed by atoms with Gasteiger partial charge >= 0.3 is 0 Å². The maximum Gasteiger partial charge on any atom is 0.294 e. The summed E-state index contributed by atoms with van der Waals surface area (Å²) in [6, 6.07) is 33.1. The van der Waals surface area contributed by atoms with Crippen molar-refractivity contribution in [3.63, 3.8) is 0 Å². The van der Waals surface area contributed by atoms with Crippen LogP contribution in [0, 0.1) is 6.92 Å². The second kappa shape index (κ2) is 10.5. The molecule has 0 saturated heterocycles. The van der Waals surface area contributed by atoms with Gasteiger partial charge in [0.25, 0.3) is 5.91 Å². The van der Waals surface area contributed by atoms with Crippen molar-refractivity contribution >= 4 is 17.4 Å². The molecule has 1 heterocycles. The third-order valence-electron chi connectivity index (χ3n) is 6.46. The average Bonchev–Trinajstić information content (AvgIpc) is 3.19. The standard InChI is InChI=1S/C32H27NO4/c1-22-15-18-25(19-16-22)33-30(24-11-8-14-27(21-24)37-26-12-6-3-7-13-26)29(31(35)32(33)36)28(34)20-17-23-9-4-2-5-10-23/h2-16,18-19,21,30,35H,17,20H2,1H3. The van der Waals surface area contributed by atoms with Gasteiger partial charge in [0.2, 0.25) is 0 Å². The summed E-state index contributed by atoms with van der Waals surface area (Å²) in [7, 11) is 0. The van der Waals surface area contributed by atoms with E-state index in [4.69, 9.17) is 4.74 Å². The maximum absolute atomic E-state index is 13.5. The first-order valence-corrected chi connectivity index (χ1v) is 12.2. The van der Waals surface area contributed by atoms with Crippen LogP contribution in [0.2, 0.25) is 0 Å². The Balaban J connectivity index is 1.52. The molecule has 5 rings (SSSR count). The van der Waals surface area contributed by atoms with Crippen molar-refractivity contribution in [3.8, 4) is 11.5 Å². The van der Waals surface area contributed by atoms with Crippen LogP contribution in [0.4, 0.5) is 5.69 Å². The number of carbonyl (C=O) groups excluding carboxylic acids is 2. The van der Waals surface area contributed by atoms with E-state index in [1.54, 1.807) is 0 Å². The van der Waals surface area contributed by atoms with Crippen LogP contribution in [-0.4, -0.2) is 16.8 Å². The largest absolute Gasteiger partial charge is 0.503 e. The quantitative estimate of drug-likeness (QED) is 0.293. The number of aliphatic hydroxyl groups excluding tert-OH is 1. The second-order valence-corrected chi connectivity index (χ2v) is 9.07. The van der Waals surface area contributed by atoms with Gasteiger partial charge in [0, 0.05) is 12.1 Å². The molecular weight excluding hydrogens is 462 g/mol. The van der Waals surface area contributed by atoms with E-state index in [1.807, 2.05) is 116 Å². The lowest BCUT2D eigenvalue weighted by Gasteiger charge is -2.27. The van der Waals surface area contributed by atoms with Crippen LogP contribution in [0.5, 0.6) is 11.5 Å². The summed E-state index contributed by atoms with van der Waals surface area (Å²) in [5.74, 6) is -0.106. The molecule has 1 unspecified atom stereocenters. The number of hydrogen-bond acceptors (Lipinski definition) is 4. The van der Waals surface area contributed by atoms with E-state index in [1.165, 1.54) is 4.90 Å². The highest BCUT2D eigenvalue weighted by atomic mass is 16.5. The van der Waals surface area contributed by atoms with E-state index in [2.05, 4.69) is 0 Å². The highest BCUT2D eigenvalue weighted by Gasteiger charge is 2.44. The van der Waals surface area contributed by atoms with Crippen LogP contribution in [0.1, 0.15) is 29.2 Å². The van der Waals surface area contributed by atoms with E-state index in [0.29, 0.717) is 29.2 Å². The number of carbonyl (C=O) groups is 2. The first-order chi connectivity index (χ1) is 18.0. The Labute approximate surface area is 216 Å². The molecule has 4 aromatic rings.